The second kappa shape index (κ2) is 3.43. The van der Waals surface area contributed by atoms with Crippen molar-refractivity contribution in [1.82, 2.24) is 23.8 Å². The molecule has 0 bridgehead atoms. The molecule has 0 spiro atoms. The molecule has 2 heterocycles. The van der Waals surface area contributed by atoms with Gasteiger partial charge in [0.1, 0.15) is 5.82 Å². The molecule has 0 unspecified atom stereocenters. The van der Waals surface area contributed by atoms with Crippen LogP contribution in [0.25, 0.3) is 0 Å². The van der Waals surface area contributed by atoms with Crippen LogP contribution < -0.4 is 10.4 Å². The average molecular weight is 233 g/mol. The summed E-state index contributed by atoms with van der Waals surface area (Å²) in [6.07, 6.45) is 0. The van der Waals surface area contributed by atoms with Gasteiger partial charge in [0.2, 0.25) is 0 Å². The summed E-state index contributed by atoms with van der Waals surface area (Å²) < 4.78 is 27.8. The quantitative estimate of drug-likeness (QED) is 0.608. The zero-order valence-corrected chi connectivity index (χ0v) is 8.91. The van der Waals surface area contributed by atoms with Crippen LogP contribution in [0.1, 0.15) is 5.82 Å². The molecule has 0 radical (unpaired) electrons. The molecule has 2 rings (SSSR count). The Morgan fingerprint density at radius 1 is 1.47 bits per heavy atom. The van der Waals surface area contributed by atoms with Crippen molar-refractivity contribution in [3.05, 3.63) is 16.3 Å². The highest BCUT2D eigenvalue weighted by molar-refractivity contribution is 7.87. The lowest BCUT2D eigenvalue weighted by molar-refractivity contribution is 0.329. The minimum Gasteiger partial charge on any atom is -0.277 e. The molecule has 0 amide bonds. The van der Waals surface area contributed by atoms with Crippen LogP contribution >= 0.6 is 0 Å². The number of aromatic nitrogens is 3. The van der Waals surface area contributed by atoms with Gasteiger partial charge in [-0.15, -0.1) is 0 Å². The first-order valence-electron chi connectivity index (χ1n) is 4.37. The molecule has 0 aliphatic carbocycles. The fraction of sp³-hybridized carbons (Fsp3) is 0.667. The number of hydrogen-bond donors (Lipinski definition) is 2. The van der Waals surface area contributed by atoms with Gasteiger partial charge in [0.15, 0.2) is 0 Å². The second-order valence-electron chi connectivity index (χ2n) is 3.14. The predicted molar refractivity (Wildman–Crippen MR) is 51.2 cm³/mol. The van der Waals surface area contributed by atoms with Crippen molar-refractivity contribution in [2.75, 3.05) is 13.6 Å². The average Bonchev–Trinajstić information content (AvgIpc) is 2.60. The van der Waals surface area contributed by atoms with Crippen molar-refractivity contribution in [1.29, 1.82) is 0 Å². The maximum atomic E-state index is 11.5. The third-order valence-electron chi connectivity index (χ3n) is 2.33. The van der Waals surface area contributed by atoms with Gasteiger partial charge in [-0.1, -0.05) is 0 Å². The Morgan fingerprint density at radius 3 is 2.87 bits per heavy atom. The number of fused-ring (bicyclic) bond motifs is 1. The fourth-order valence-corrected chi connectivity index (χ4v) is 2.35. The molecular formula is C6H11N5O3S. The molecule has 84 valence electrons. The Morgan fingerprint density at radius 2 is 2.20 bits per heavy atom. The summed E-state index contributed by atoms with van der Waals surface area (Å²) >= 11 is 0. The van der Waals surface area contributed by atoms with Gasteiger partial charge < -0.3 is 0 Å². The van der Waals surface area contributed by atoms with Crippen molar-refractivity contribution in [3.63, 3.8) is 0 Å². The molecule has 8 nitrogen and oxygen atoms in total. The Kier molecular flexibility index (Phi) is 2.37. The maximum Gasteiger partial charge on any atom is 0.343 e. The third kappa shape index (κ3) is 1.68. The lowest BCUT2D eigenvalue weighted by Crippen LogP contribution is -2.44. The van der Waals surface area contributed by atoms with E-state index >= 15 is 0 Å². The normalized spacial score (nSPS) is 17.7. The smallest absolute Gasteiger partial charge is 0.277 e. The van der Waals surface area contributed by atoms with E-state index in [0.717, 1.165) is 0 Å². The Bertz CT molecular complexity index is 515. The van der Waals surface area contributed by atoms with Crippen molar-refractivity contribution >= 4 is 10.2 Å². The molecule has 0 saturated heterocycles. The van der Waals surface area contributed by atoms with E-state index in [0.29, 0.717) is 12.4 Å². The fourth-order valence-electron chi connectivity index (χ4n) is 1.48. The first-order chi connectivity index (χ1) is 7.04. The first kappa shape index (κ1) is 10.3. The van der Waals surface area contributed by atoms with Gasteiger partial charge in [0.05, 0.1) is 6.54 Å². The van der Waals surface area contributed by atoms with Crippen LogP contribution in [0.4, 0.5) is 0 Å². The van der Waals surface area contributed by atoms with E-state index < -0.39 is 10.2 Å². The van der Waals surface area contributed by atoms with Crippen molar-refractivity contribution < 1.29 is 8.42 Å². The molecule has 0 fully saturated rings. The zero-order chi connectivity index (χ0) is 11.1. The number of aromatic amines is 1. The summed E-state index contributed by atoms with van der Waals surface area (Å²) in [6, 6.07) is 0. The van der Waals surface area contributed by atoms with E-state index in [4.69, 9.17) is 0 Å². The van der Waals surface area contributed by atoms with Crippen LogP contribution in [0, 0.1) is 0 Å². The van der Waals surface area contributed by atoms with E-state index in [1.54, 1.807) is 0 Å². The number of H-pyrrole nitrogens is 1. The molecule has 1 aliphatic rings. The predicted octanol–water partition coefficient (Wildman–Crippen LogP) is -2.15. The van der Waals surface area contributed by atoms with Crippen LogP contribution in [0.15, 0.2) is 4.79 Å². The van der Waals surface area contributed by atoms with Crippen molar-refractivity contribution in [2.45, 2.75) is 13.1 Å². The van der Waals surface area contributed by atoms with Gasteiger partial charge in [0, 0.05) is 20.1 Å². The third-order valence-corrected chi connectivity index (χ3v) is 3.83. The summed E-state index contributed by atoms with van der Waals surface area (Å²) in [5.41, 5.74) is -0.300. The standard InChI is InChI=1S/C6H11N5O3S/c1-7-15(13,14)10-2-3-11-5(4-10)8-9-6(11)12/h7H,2-4H2,1H3,(H,9,12). The SMILES string of the molecule is CNS(=O)(=O)N1CCn2c(n[nH]c2=O)C1. The second-order valence-corrected chi connectivity index (χ2v) is 5.01. The van der Waals surface area contributed by atoms with Crippen LogP contribution in [0.3, 0.4) is 0 Å². The van der Waals surface area contributed by atoms with Gasteiger partial charge in [-0.2, -0.15) is 17.8 Å². The summed E-state index contributed by atoms with van der Waals surface area (Å²) in [6.45, 7) is 0.711. The highest BCUT2D eigenvalue weighted by Crippen LogP contribution is 2.09. The number of rotatable bonds is 2. The highest BCUT2D eigenvalue weighted by Gasteiger charge is 2.27. The first-order valence-corrected chi connectivity index (χ1v) is 5.81. The molecule has 1 aliphatic heterocycles. The Hall–Kier alpha value is -1.19. The van der Waals surface area contributed by atoms with Crippen LogP contribution in [0.2, 0.25) is 0 Å². The highest BCUT2D eigenvalue weighted by atomic mass is 32.2. The largest absolute Gasteiger partial charge is 0.343 e. The summed E-state index contributed by atoms with van der Waals surface area (Å²) in [7, 11) is -2.09. The van der Waals surface area contributed by atoms with Gasteiger partial charge in [-0.05, 0) is 0 Å². The monoisotopic (exact) mass is 233 g/mol. The molecule has 1 aromatic rings. The number of nitrogens with one attached hydrogen (secondary N) is 2. The molecule has 9 heteroatoms. The Labute approximate surface area is 86.1 Å². The summed E-state index contributed by atoms with van der Waals surface area (Å²) in [4.78, 5) is 11.2. The molecule has 0 saturated carbocycles. The minimum absolute atomic E-state index is 0.113. The van der Waals surface area contributed by atoms with E-state index in [-0.39, 0.29) is 18.8 Å². The number of nitrogens with zero attached hydrogens (tertiary/aromatic N) is 3. The van der Waals surface area contributed by atoms with Crippen molar-refractivity contribution in [2.24, 2.45) is 0 Å². The van der Waals surface area contributed by atoms with Gasteiger partial charge in [-0.25, -0.2) is 14.6 Å². The molecule has 1 aromatic heterocycles. The maximum absolute atomic E-state index is 11.5. The molecule has 0 aromatic carbocycles. The van der Waals surface area contributed by atoms with Crippen LogP contribution in [-0.2, 0) is 23.3 Å². The zero-order valence-electron chi connectivity index (χ0n) is 8.10. The van der Waals surface area contributed by atoms with Crippen molar-refractivity contribution in [3.8, 4) is 0 Å². The van der Waals surface area contributed by atoms with E-state index in [1.807, 2.05) is 0 Å². The van der Waals surface area contributed by atoms with Gasteiger partial charge in [0.25, 0.3) is 10.2 Å². The van der Waals surface area contributed by atoms with E-state index in [9.17, 15) is 13.2 Å². The Balaban J connectivity index is 2.31. The lowest BCUT2D eigenvalue weighted by atomic mass is 10.4. The molecule has 2 N–H and O–H groups in total. The van der Waals surface area contributed by atoms with E-state index in [1.165, 1.54) is 15.9 Å². The molecule has 15 heavy (non-hydrogen) atoms. The minimum atomic E-state index is -3.44. The lowest BCUT2D eigenvalue weighted by Gasteiger charge is -2.25. The molecular weight excluding hydrogens is 222 g/mol. The van der Waals surface area contributed by atoms with Crippen LogP contribution in [-0.4, -0.2) is 41.1 Å². The summed E-state index contributed by atoms with van der Waals surface area (Å²) in [5.74, 6) is 0.435. The van der Waals surface area contributed by atoms with Gasteiger partial charge >= 0.3 is 5.69 Å². The topological polar surface area (TPSA) is 100 Å². The van der Waals surface area contributed by atoms with Gasteiger partial charge in [-0.3, -0.25) is 4.57 Å². The molecule has 0 atom stereocenters. The summed E-state index contributed by atoms with van der Waals surface area (Å²) in [5, 5.41) is 6.03. The number of hydrogen-bond acceptors (Lipinski definition) is 4. The van der Waals surface area contributed by atoms with E-state index in [2.05, 4.69) is 14.9 Å². The van der Waals surface area contributed by atoms with Crippen LogP contribution in [0.5, 0.6) is 0 Å².